The molecule has 27 heavy (non-hydrogen) atoms. The van der Waals surface area contributed by atoms with Crippen LogP contribution in [0.3, 0.4) is 0 Å². The van der Waals surface area contributed by atoms with Gasteiger partial charge in [0.1, 0.15) is 0 Å². The fourth-order valence-corrected chi connectivity index (χ4v) is 4.32. The fraction of sp³-hybridized carbons (Fsp3) is 0.952. The molecule has 2 rings (SSSR count). The smallest absolute Gasteiger partial charge is 0.191 e. The molecule has 0 amide bonds. The maximum Gasteiger partial charge on any atom is 0.191 e. The van der Waals surface area contributed by atoms with Crippen molar-refractivity contribution in [3.05, 3.63) is 0 Å². The van der Waals surface area contributed by atoms with Gasteiger partial charge in [-0.25, -0.2) is 0 Å². The number of nitrogens with zero attached hydrogens (tertiary/aromatic N) is 2. The minimum absolute atomic E-state index is 0. The van der Waals surface area contributed by atoms with Gasteiger partial charge in [0, 0.05) is 39.3 Å². The second-order valence-electron chi connectivity index (χ2n) is 8.61. The van der Waals surface area contributed by atoms with E-state index >= 15 is 0 Å². The van der Waals surface area contributed by atoms with Crippen molar-refractivity contribution >= 4 is 29.9 Å². The van der Waals surface area contributed by atoms with Crippen LogP contribution in [-0.2, 0) is 4.74 Å². The first-order valence-corrected chi connectivity index (χ1v) is 10.9. The molecular formula is C21H43IN4O. The average molecular weight is 495 g/mol. The lowest BCUT2D eigenvalue weighted by Gasteiger charge is -2.33. The highest BCUT2D eigenvalue weighted by Gasteiger charge is 2.21. The predicted octanol–water partition coefficient (Wildman–Crippen LogP) is 3.88. The Morgan fingerprint density at radius 1 is 1.19 bits per heavy atom. The summed E-state index contributed by atoms with van der Waals surface area (Å²) in [6, 6.07) is 0.540. The zero-order chi connectivity index (χ0) is 18.8. The van der Waals surface area contributed by atoms with E-state index in [1.54, 1.807) is 0 Å². The first-order chi connectivity index (χ1) is 12.6. The molecular weight excluding hydrogens is 451 g/mol. The van der Waals surface area contributed by atoms with Crippen molar-refractivity contribution in [1.29, 1.82) is 0 Å². The quantitative estimate of drug-likeness (QED) is 0.306. The Labute approximate surface area is 184 Å². The number of halogens is 1. The average Bonchev–Trinajstić information content (AvgIpc) is 2.62. The van der Waals surface area contributed by atoms with E-state index in [0.29, 0.717) is 12.1 Å². The zero-order valence-electron chi connectivity index (χ0n) is 18.0. The Kier molecular flexibility index (Phi) is 12.9. The number of hydrogen-bond donors (Lipinski definition) is 2. The Hall–Kier alpha value is -0.0800. The van der Waals surface area contributed by atoms with Gasteiger partial charge in [-0.15, -0.1) is 24.0 Å². The van der Waals surface area contributed by atoms with Crippen LogP contribution in [0.1, 0.15) is 65.7 Å². The highest BCUT2D eigenvalue weighted by Crippen LogP contribution is 2.30. The normalized spacial score (nSPS) is 25.3. The summed E-state index contributed by atoms with van der Waals surface area (Å²) in [6.45, 7) is 11.8. The molecule has 0 radical (unpaired) electrons. The second kappa shape index (κ2) is 14.0. The van der Waals surface area contributed by atoms with Gasteiger partial charge < -0.3 is 20.3 Å². The van der Waals surface area contributed by atoms with Crippen molar-refractivity contribution in [1.82, 2.24) is 15.5 Å². The van der Waals surface area contributed by atoms with Crippen LogP contribution in [0.15, 0.2) is 4.99 Å². The van der Waals surface area contributed by atoms with Gasteiger partial charge in [0.2, 0.25) is 0 Å². The maximum atomic E-state index is 5.67. The third-order valence-corrected chi connectivity index (χ3v) is 5.90. The van der Waals surface area contributed by atoms with Gasteiger partial charge in [0.25, 0.3) is 0 Å². The molecule has 160 valence electrons. The third-order valence-electron chi connectivity index (χ3n) is 5.90. The van der Waals surface area contributed by atoms with Crippen LogP contribution >= 0.6 is 24.0 Å². The molecule has 0 spiro atoms. The molecule has 0 bridgehead atoms. The van der Waals surface area contributed by atoms with Crippen LogP contribution in [0.2, 0.25) is 0 Å². The monoisotopic (exact) mass is 494 g/mol. The minimum atomic E-state index is 0. The molecule has 1 heterocycles. The zero-order valence-corrected chi connectivity index (χ0v) is 20.3. The second-order valence-corrected chi connectivity index (χ2v) is 8.61. The molecule has 2 atom stereocenters. The Morgan fingerprint density at radius 3 is 2.56 bits per heavy atom. The van der Waals surface area contributed by atoms with Gasteiger partial charge in [-0.2, -0.15) is 0 Å². The lowest BCUT2D eigenvalue weighted by Crippen LogP contribution is -2.49. The fourth-order valence-electron chi connectivity index (χ4n) is 4.32. The van der Waals surface area contributed by atoms with Gasteiger partial charge in [-0.05, 0) is 51.4 Å². The number of likely N-dealkylation sites (tertiary alicyclic amines) is 1. The molecule has 0 aromatic rings. The molecule has 2 fully saturated rings. The molecule has 1 saturated heterocycles. The summed E-state index contributed by atoms with van der Waals surface area (Å²) < 4.78 is 5.67. The van der Waals surface area contributed by atoms with Gasteiger partial charge in [0.15, 0.2) is 5.96 Å². The van der Waals surface area contributed by atoms with Crippen LogP contribution in [-0.4, -0.2) is 62.8 Å². The van der Waals surface area contributed by atoms with E-state index in [2.05, 4.69) is 41.3 Å². The summed E-state index contributed by atoms with van der Waals surface area (Å²) in [5.74, 6) is 2.80. The van der Waals surface area contributed by atoms with Crippen LogP contribution in [0.5, 0.6) is 0 Å². The van der Waals surface area contributed by atoms with E-state index in [9.17, 15) is 0 Å². The van der Waals surface area contributed by atoms with Gasteiger partial charge in [-0.1, -0.05) is 26.2 Å². The lowest BCUT2D eigenvalue weighted by atomic mass is 9.81. The van der Waals surface area contributed by atoms with Crippen LogP contribution in [0.4, 0.5) is 0 Å². The minimum Gasteiger partial charge on any atom is -0.377 e. The molecule has 2 aliphatic rings. The van der Waals surface area contributed by atoms with E-state index in [1.165, 1.54) is 44.9 Å². The molecule has 5 nitrogen and oxygen atoms in total. The summed E-state index contributed by atoms with van der Waals surface area (Å²) in [7, 11) is 1.89. The number of rotatable bonds is 8. The summed E-state index contributed by atoms with van der Waals surface area (Å²) >= 11 is 0. The van der Waals surface area contributed by atoms with Crippen molar-refractivity contribution in [2.24, 2.45) is 16.8 Å². The number of ether oxygens (including phenoxy) is 1. The Balaban J connectivity index is 0.00000364. The third kappa shape index (κ3) is 10.3. The van der Waals surface area contributed by atoms with E-state index in [4.69, 9.17) is 4.74 Å². The van der Waals surface area contributed by atoms with Gasteiger partial charge >= 0.3 is 0 Å². The predicted molar refractivity (Wildman–Crippen MR) is 126 cm³/mol. The Morgan fingerprint density at radius 2 is 1.93 bits per heavy atom. The van der Waals surface area contributed by atoms with E-state index in [-0.39, 0.29) is 24.0 Å². The number of nitrogens with one attached hydrogen (secondary N) is 2. The lowest BCUT2D eigenvalue weighted by molar-refractivity contribution is 0.0532. The number of guanidine groups is 1. The van der Waals surface area contributed by atoms with E-state index < -0.39 is 0 Å². The molecule has 6 heteroatoms. The van der Waals surface area contributed by atoms with Crippen molar-refractivity contribution < 1.29 is 4.74 Å². The van der Waals surface area contributed by atoms with Gasteiger partial charge in [-0.3, -0.25) is 4.99 Å². The number of piperidine rings is 1. The summed E-state index contributed by atoms with van der Waals surface area (Å²) in [6.07, 6.45) is 9.64. The topological polar surface area (TPSA) is 48.9 Å². The first kappa shape index (κ1) is 25.0. The van der Waals surface area contributed by atoms with Gasteiger partial charge in [0.05, 0.1) is 12.7 Å². The Bertz CT molecular complexity index is 411. The summed E-state index contributed by atoms with van der Waals surface area (Å²) in [4.78, 5) is 6.94. The SMILES string of the molecule is CN=C(NCCC1CCCC(C)C1)NC1CCN(CCOC(C)C)CC1.I. The molecule has 0 aromatic heterocycles. The summed E-state index contributed by atoms with van der Waals surface area (Å²) in [5.41, 5.74) is 0. The van der Waals surface area contributed by atoms with Crippen LogP contribution < -0.4 is 10.6 Å². The summed E-state index contributed by atoms with van der Waals surface area (Å²) in [5, 5.41) is 7.17. The van der Waals surface area contributed by atoms with Crippen molar-refractivity contribution in [2.45, 2.75) is 77.9 Å². The van der Waals surface area contributed by atoms with Crippen molar-refractivity contribution in [3.8, 4) is 0 Å². The van der Waals surface area contributed by atoms with E-state index in [0.717, 1.165) is 50.6 Å². The van der Waals surface area contributed by atoms with Crippen LogP contribution in [0.25, 0.3) is 0 Å². The molecule has 1 aliphatic heterocycles. The first-order valence-electron chi connectivity index (χ1n) is 10.9. The maximum absolute atomic E-state index is 5.67. The number of aliphatic imine (C=N–C) groups is 1. The largest absolute Gasteiger partial charge is 0.377 e. The highest BCUT2D eigenvalue weighted by atomic mass is 127. The molecule has 1 saturated carbocycles. The number of hydrogen-bond acceptors (Lipinski definition) is 3. The molecule has 2 unspecified atom stereocenters. The van der Waals surface area contributed by atoms with E-state index in [1.807, 2.05) is 7.05 Å². The van der Waals surface area contributed by atoms with Crippen LogP contribution in [0, 0.1) is 11.8 Å². The molecule has 2 N–H and O–H groups in total. The van der Waals surface area contributed by atoms with Crippen molar-refractivity contribution in [2.75, 3.05) is 39.8 Å². The molecule has 0 aromatic carbocycles. The highest BCUT2D eigenvalue weighted by molar-refractivity contribution is 14.0. The van der Waals surface area contributed by atoms with Crippen molar-refractivity contribution in [3.63, 3.8) is 0 Å². The standard InChI is InChI=1S/C21H42N4O.HI/c1-17(2)26-15-14-25-12-9-20(10-13-25)24-21(22-4)23-11-8-19-7-5-6-18(3)16-19;/h17-20H,5-16H2,1-4H3,(H2,22,23,24);1H. The molecule has 1 aliphatic carbocycles.